The average molecular weight is 272 g/mol. The van der Waals surface area contributed by atoms with Gasteiger partial charge in [-0.3, -0.25) is 4.79 Å². The van der Waals surface area contributed by atoms with Gasteiger partial charge in [-0.25, -0.2) is 4.72 Å². The van der Waals surface area contributed by atoms with E-state index in [1.165, 1.54) is 16.6 Å². The Morgan fingerprint density at radius 1 is 1.33 bits per heavy atom. The van der Waals surface area contributed by atoms with Gasteiger partial charge in [0.1, 0.15) is 5.76 Å². The Kier molecular flexibility index (Phi) is 3.72. The summed E-state index contributed by atoms with van der Waals surface area (Å²) in [6.45, 7) is 2.54. The van der Waals surface area contributed by atoms with Crippen LogP contribution in [0.25, 0.3) is 0 Å². The molecule has 1 aliphatic heterocycles. The summed E-state index contributed by atoms with van der Waals surface area (Å²) in [5.74, 6) is -0.242. The molecule has 2 rings (SSSR count). The first kappa shape index (κ1) is 13.1. The second kappa shape index (κ2) is 5.11. The van der Waals surface area contributed by atoms with Gasteiger partial charge in [-0.2, -0.15) is 12.7 Å². The van der Waals surface area contributed by atoms with Crippen LogP contribution in [0, 0.1) is 6.92 Å². The lowest BCUT2D eigenvalue weighted by molar-refractivity contribution is 0.0977. The Morgan fingerprint density at radius 2 is 2.00 bits per heavy atom. The topological polar surface area (TPSA) is 79.6 Å². The Labute approximate surface area is 106 Å². The number of rotatable bonds is 3. The quantitative estimate of drug-likeness (QED) is 0.892. The summed E-state index contributed by atoms with van der Waals surface area (Å²) in [6, 6.07) is 1.45. The molecular formula is C11H16N2O4S. The lowest BCUT2D eigenvalue weighted by atomic mass is 10.2. The fraction of sp³-hybridized carbons (Fsp3) is 0.545. The van der Waals surface area contributed by atoms with Crippen LogP contribution in [0.2, 0.25) is 0 Å². The minimum Gasteiger partial charge on any atom is -0.469 e. The summed E-state index contributed by atoms with van der Waals surface area (Å²) in [5.41, 5.74) is 0.246. The second-order valence-electron chi connectivity index (χ2n) is 4.29. The van der Waals surface area contributed by atoms with Crippen molar-refractivity contribution >= 4 is 16.1 Å². The molecule has 0 atom stereocenters. The lowest BCUT2D eigenvalue weighted by Crippen LogP contribution is -2.45. The molecule has 7 heteroatoms. The SMILES string of the molecule is Cc1occc1C(=O)NS(=O)(=O)N1CCCCC1. The fourth-order valence-corrected chi connectivity index (χ4v) is 3.17. The zero-order chi connectivity index (χ0) is 13.2. The highest BCUT2D eigenvalue weighted by molar-refractivity contribution is 7.87. The van der Waals surface area contributed by atoms with Crippen LogP contribution >= 0.6 is 0 Å². The van der Waals surface area contributed by atoms with E-state index in [9.17, 15) is 13.2 Å². The molecule has 1 amide bonds. The van der Waals surface area contributed by atoms with Gasteiger partial charge < -0.3 is 4.42 Å². The summed E-state index contributed by atoms with van der Waals surface area (Å²) in [4.78, 5) is 11.8. The molecule has 0 spiro atoms. The van der Waals surface area contributed by atoms with Crippen molar-refractivity contribution in [1.29, 1.82) is 0 Å². The van der Waals surface area contributed by atoms with Crippen LogP contribution < -0.4 is 4.72 Å². The van der Waals surface area contributed by atoms with E-state index in [1.54, 1.807) is 6.92 Å². The standard InChI is InChI=1S/C11H16N2O4S/c1-9-10(5-8-17-9)11(14)12-18(15,16)13-6-3-2-4-7-13/h5,8H,2-4,6-7H2,1H3,(H,12,14). The highest BCUT2D eigenvalue weighted by atomic mass is 32.2. The third-order valence-electron chi connectivity index (χ3n) is 2.98. The molecule has 0 aliphatic carbocycles. The van der Waals surface area contributed by atoms with Gasteiger partial charge in [0.25, 0.3) is 5.91 Å². The number of carbonyl (C=O) groups is 1. The first-order chi connectivity index (χ1) is 8.50. The molecule has 1 aromatic heterocycles. The third kappa shape index (κ3) is 2.73. The van der Waals surface area contributed by atoms with Gasteiger partial charge in [0, 0.05) is 13.1 Å². The minimum atomic E-state index is -3.73. The van der Waals surface area contributed by atoms with E-state index in [-0.39, 0.29) is 5.56 Å². The maximum Gasteiger partial charge on any atom is 0.304 e. The number of carbonyl (C=O) groups excluding carboxylic acids is 1. The summed E-state index contributed by atoms with van der Waals surface area (Å²) in [7, 11) is -3.73. The van der Waals surface area contributed by atoms with Gasteiger partial charge in [0.15, 0.2) is 0 Å². The Balaban J connectivity index is 2.08. The summed E-state index contributed by atoms with van der Waals surface area (Å²) >= 11 is 0. The maximum absolute atomic E-state index is 12.0. The van der Waals surface area contributed by atoms with Crippen LogP contribution in [-0.4, -0.2) is 31.7 Å². The van der Waals surface area contributed by atoms with Crippen LogP contribution in [0.5, 0.6) is 0 Å². The number of aryl methyl sites for hydroxylation is 1. The molecule has 1 fully saturated rings. The largest absolute Gasteiger partial charge is 0.469 e. The van der Waals surface area contributed by atoms with E-state index >= 15 is 0 Å². The second-order valence-corrected chi connectivity index (χ2v) is 5.96. The van der Waals surface area contributed by atoms with Gasteiger partial charge >= 0.3 is 10.2 Å². The van der Waals surface area contributed by atoms with E-state index in [1.807, 2.05) is 0 Å². The van der Waals surface area contributed by atoms with E-state index < -0.39 is 16.1 Å². The normalized spacial score (nSPS) is 17.6. The number of hydrogen-bond acceptors (Lipinski definition) is 4. The third-order valence-corrected chi connectivity index (χ3v) is 4.47. The van der Waals surface area contributed by atoms with Crippen LogP contribution in [0.3, 0.4) is 0 Å². The number of furan rings is 1. The molecule has 1 aromatic rings. The van der Waals surface area contributed by atoms with Crippen molar-refractivity contribution < 1.29 is 17.6 Å². The summed E-state index contributed by atoms with van der Waals surface area (Å²) in [6.07, 6.45) is 4.05. The molecule has 1 N–H and O–H groups in total. The molecule has 0 aromatic carbocycles. The highest BCUT2D eigenvalue weighted by Crippen LogP contribution is 2.13. The van der Waals surface area contributed by atoms with Crippen molar-refractivity contribution in [3.8, 4) is 0 Å². The first-order valence-electron chi connectivity index (χ1n) is 5.87. The minimum absolute atomic E-state index is 0.246. The molecule has 1 saturated heterocycles. The Hall–Kier alpha value is -1.34. The molecular weight excluding hydrogens is 256 g/mol. The Morgan fingerprint density at radius 3 is 2.56 bits per heavy atom. The van der Waals surface area contributed by atoms with Gasteiger partial charge in [0.05, 0.1) is 11.8 Å². The van der Waals surface area contributed by atoms with Crippen LogP contribution in [0.1, 0.15) is 35.4 Å². The van der Waals surface area contributed by atoms with Crippen molar-refractivity contribution in [3.63, 3.8) is 0 Å². The summed E-state index contributed by atoms with van der Waals surface area (Å²) in [5, 5.41) is 0. The van der Waals surface area contributed by atoms with E-state index in [0.717, 1.165) is 19.3 Å². The van der Waals surface area contributed by atoms with Crippen molar-refractivity contribution in [1.82, 2.24) is 9.03 Å². The smallest absolute Gasteiger partial charge is 0.304 e. The number of nitrogens with one attached hydrogen (secondary N) is 1. The zero-order valence-electron chi connectivity index (χ0n) is 10.2. The van der Waals surface area contributed by atoms with Crippen LogP contribution in [-0.2, 0) is 10.2 Å². The van der Waals surface area contributed by atoms with Gasteiger partial charge in [-0.15, -0.1) is 0 Å². The van der Waals surface area contributed by atoms with Crippen LogP contribution in [0.15, 0.2) is 16.7 Å². The predicted molar refractivity (Wildman–Crippen MR) is 65.3 cm³/mol. The molecule has 0 radical (unpaired) electrons. The molecule has 18 heavy (non-hydrogen) atoms. The molecule has 0 saturated carbocycles. The highest BCUT2D eigenvalue weighted by Gasteiger charge is 2.26. The molecule has 6 nitrogen and oxygen atoms in total. The van der Waals surface area contributed by atoms with Crippen molar-refractivity contribution in [2.24, 2.45) is 0 Å². The van der Waals surface area contributed by atoms with Crippen LogP contribution in [0.4, 0.5) is 0 Å². The van der Waals surface area contributed by atoms with Crippen molar-refractivity contribution in [2.75, 3.05) is 13.1 Å². The van der Waals surface area contributed by atoms with Crippen molar-refractivity contribution in [3.05, 3.63) is 23.7 Å². The fourth-order valence-electron chi connectivity index (χ4n) is 1.96. The number of piperidine rings is 1. The predicted octanol–water partition coefficient (Wildman–Crippen LogP) is 1.05. The molecule has 0 unspecified atom stereocenters. The number of amides is 1. The first-order valence-corrected chi connectivity index (χ1v) is 7.31. The monoisotopic (exact) mass is 272 g/mol. The average Bonchev–Trinajstić information content (AvgIpc) is 2.76. The number of nitrogens with zero attached hydrogens (tertiary/aromatic N) is 1. The number of hydrogen-bond donors (Lipinski definition) is 1. The van der Waals surface area contributed by atoms with Crippen molar-refractivity contribution in [2.45, 2.75) is 26.2 Å². The zero-order valence-corrected chi connectivity index (χ0v) is 11.0. The molecule has 0 bridgehead atoms. The molecule has 1 aliphatic rings. The summed E-state index contributed by atoms with van der Waals surface area (Å²) < 4.78 is 32.3. The van der Waals surface area contributed by atoms with E-state index in [0.29, 0.717) is 18.8 Å². The molecule has 2 heterocycles. The Bertz CT molecular complexity index is 529. The van der Waals surface area contributed by atoms with Gasteiger partial charge in [0.2, 0.25) is 0 Å². The van der Waals surface area contributed by atoms with Gasteiger partial charge in [-0.1, -0.05) is 6.42 Å². The molecule has 100 valence electrons. The van der Waals surface area contributed by atoms with Gasteiger partial charge in [-0.05, 0) is 25.8 Å². The maximum atomic E-state index is 12.0. The van der Waals surface area contributed by atoms with E-state index in [2.05, 4.69) is 4.72 Å². The van der Waals surface area contributed by atoms with E-state index in [4.69, 9.17) is 4.42 Å². The lowest BCUT2D eigenvalue weighted by Gasteiger charge is -2.25.